The highest BCUT2D eigenvalue weighted by molar-refractivity contribution is 7.17. The summed E-state index contributed by atoms with van der Waals surface area (Å²) in [5, 5.41) is 3.34. The van der Waals surface area contributed by atoms with E-state index in [4.69, 9.17) is 20.4 Å². The van der Waals surface area contributed by atoms with Gasteiger partial charge in [-0.1, -0.05) is 30.3 Å². The number of benzene rings is 1. The van der Waals surface area contributed by atoms with Crippen LogP contribution in [-0.4, -0.2) is 54.3 Å². The Labute approximate surface area is 184 Å². The number of fused-ring (bicyclic) bond motifs is 3. The first-order chi connectivity index (χ1) is 15.2. The van der Waals surface area contributed by atoms with Crippen LogP contribution in [0.25, 0.3) is 21.3 Å². The molecular formula is C23H25N5O2S. The summed E-state index contributed by atoms with van der Waals surface area (Å²) in [6, 6.07) is 10.9. The zero-order valence-corrected chi connectivity index (χ0v) is 18.1. The minimum atomic E-state index is -0.234. The standard InChI is InChI=1S/C23H25N5O2S/c24-19(29)8-14-6-7-27(10-14)23-25-21(28-11-17-9-16(28)12-30-17)20-18(13-31-22(20)26-23)15-4-2-1-3-5-15/h1-5,13-14,16-17H,6-12H2,(H2,24,29). The number of nitrogens with two attached hydrogens (primary N) is 1. The molecule has 3 saturated heterocycles. The van der Waals surface area contributed by atoms with E-state index >= 15 is 0 Å². The number of amides is 1. The number of hydrogen-bond acceptors (Lipinski definition) is 7. The van der Waals surface area contributed by atoms with Crippen LogP contribution in [0.5, 0.6) is 0 Å². The molecule has 3 aromatic rings. The van der Waals surface area contributed by atoms with Crippen molar-refractivity contribution < 1.29 is 9.53 Å². The molecule has 0 aliphatic carbocycles. The van der Waals surface area contributed by atoms with Gasteiger partial charge >= 0.3 is 0 Å². The Kier molecular flexibility index (Phi) is 4.57. The number of ether oxygens (including phenoxy) is 1. The van der Waals surface area contributed by atoms with Crippen molar-refractivity contribution in [3.8, 4) is 11.1 Å². The monoisotopic (exact) mass is 435 g/mol. The number of carbonyl (C=O) groups excluding carboxylic acids is 1. The fourth-order valence-corrected chi connectivity index (χ4v) is 6.15. The molecule has 0 saturated carbocycles. The zero-order chi connectivity index (χ0) is 20.9. The summed E-state index contributed by atoms with van der Waals surface area (Å²) in [5.41, 5.74) is 7.81. The van der Waals surface area contributed by atoms with Crippen molar-refractivity contribution >= 4 is 39.2 Å². The molecule has 3 fully saturated rings. The average molecular weight is 436 g/mol. The van der Waals surface area contributed by atoms with E-state index < -0.39 is 0 Å². The molecule has 3 atom stereocenters. The second-order valence-corrected chi connectivity index (χ2v) is 9.67. The Balaban J connectivity index is 1.44. The highest BCUT2D eigenvalue weighted by atomic mass is 32.1. The molecule has 1 aromatic carbocycles. The summed E-state index contributed by atoms with van der Waals surface area (Å²) in [4.78, 5) is 27.1. The third-order valence-corrected chi connectivity index (χ3v) is 7.59. The Morgan fingerprint density at radius 2 is 2.10 bits per heavy atom. The van der Waals surface area contributed by atoms with Crippen molar-refractivity contribution in [1.29, 1.82) is 0 Å². The largest absolute Gasteiger partial charge is 0.374 e. The fraction of sp³-hybridized carbons (Fsp3) is 0.435. The van der Waals surface area contributed by atoms with Crippen LogP contribution in [0.15, 0.2) is 35.7 Å². The molecular weight excluding hydrogens is 410 g/mol. The average Bonchev–Trinajstić information content (AvgIpc) is 3.56. The predicted octanol–water partition coefficient (Wildman–Crippen LogP) is 3.04. The van der Waals surface area contributed by atoms with Gasteiger partial charge in [0.25, 0.3) is 0 Å². The molecule has 2 aromatic heterocycles. The summed E-state index contributed by atoms with van der Waals surface area (Å²) in [6.07, 6.45) is 2.73. The lowest BCUT2D eigenvalue weighted by Gasteiger charge is -2.29. The number of primary amides is 1. The zero-order valence-electron chi connectivity index (χ0n) is 17.2. The number of morpholine rings is 1. The van der Waals surface area contributed by atoms with Crippen molar-refractivity contribution in [3.05, 3.63) is 35.7 Å². The Hall–Kier alpha value is -2.71. The lowest BCUT2D eigenvalue weighted by atomic mass is 10.1. The maximum Gasteiger partial charge on any atom is 0.228 e. The van der Waals surface area contributed by atoms with Gasteiger partial charge in [-0.2, -0.15) is 4.98 Å². The highest BCUT2D eigenvalue weighted by Gasteiger charge is 2.41. The second-order valence-electron chi connectivity index (χ2n) is 8.81. The smallest absolute Gasteiger partial charge is 0.228 e. The molecule has 0 spiro atoms. The molecule has 6 rings (SSSR count). The molecule has 1 amide bonds. The Bertz CT molecular complexity index is 1130. The van der Waals surface area contributed by atoms with Crippen molar-refractivity contribution in [1.82, 2.24) is 9.97 Å². The molecule has 160 valence electrons. The normalized spacial score (nSPS) is 25.1. The molecule has 0 radical (unpaired) electrons. The summed E-state index contributed by atoms with van der Waals surface area (Å²) in [7, 11) is 0. The number of rotatable bonds is 5. The lowest BCUT2D eigenvalue weighted by Crippen LogP contribution is -2.38. The molecule has 31 heavy (non-hydrogen) atoms. The van der Waals surface area contributed by atoms with Crippen LogP contribution in [0.1, 0.15) is 19.3 Å². The van der Waals surface area contributed by atoms with Crippen LogP contribution in [0.2, 0.25) is 0 Å². The van der Waals surface area contributed by atoms with E-state index in [9.17, 15) is 4.79 Å². The maximum absolute atomic E-state index is 11.4. The number of thiophene rings is 1. The van der Waals surface area contributed by atoms with Crippen LogP contribution in [0, 0.1) is 5.92 Å². The predicted molar refractivity (Wildman–Crippen MR) is 122 cm³/mol. The second kappa shape index (κ2) is 7.46. The van der Waals surface area contributed by atoms with Crippen LogP contribution in [0.3, 0.4) is 0 Å². The van der Waals surface area contributed by atoms with Crippen LogP contribution < -0.4 is 15.5 Å². The van der Waals surface area contributed by atoms with E-state index in [1.54, 1.807) is 11.3 Å². The topological polar surface area (TPSA) is 84.6 Å². The van der Waals surface area contributed by atoms with Gasteiger partial charge in [0.2, 0.25) is 11.9 Å². The molecule has 3 unspecified atom stereocenters. The van der Waals surface area contributed by atoms with Crippen molar-refractivity contribution in [2.75, 3.05) is 36.0 Å². The number of carbonyl (C=O) groups is 1. The molecule has 2 bridgehead atoms. The van der Waals surface area contributed by atoms with E-state index in [2.05, 4.69) is 39.4 Å². The Morgan fingerprint density at radius 3 is 2.84 bits per heavy atom. The third-order valence-electron chi connectivity index (χ3n) is 6.72. The van der Waals surface area contributed by atoms with E-state index in [-0.39, 0.29) is 11.8 Å². The quantitative estimate of drug-likeness (QED) is 0.663. The van der Waals surface area contributed by atoms with Crippen molar-refractivity contribution in [2.24, 2.45) is 11.7 Å². The lowest BCUT2D eigenvalue weighted by molar-refractivity contribution is -0.118. The molecule has 8 heteroatoms. The van der Waals surface area contributed by atoms with Gasteiger partial charge < -0.3 is 20.3 Å². The minimum Gasteiger partial charge on any atom is -0.374 e. The van der Waals surface area contributed by atoms with Gasteiger partial charge in [-0.3, -0.25) is 4.79 Å². The minimum absolute atomic E-state index is 0.234. The van der Waals surface area contributed by atoms with E-state index in [0.29, 0.717) is 18.6 Å². The van der Waals surface area contributed by atoms with Crippen molar-refractivity contribution in [2.45, 2.75) is 31.4 Å². The fourth-order valence-electron chi connectivity index (χ4n) is 5.22. The van der Waals surface area contributed by atoms with E-state index in [0.717, 1.165) is 61.1 Å². The van der Waals surface area contributed by atoms with Gasteiger partial charge in [0.1, 0.15) is 10.6 Å². The van der Waals surface area contributed by atoms with Gasteiger partial charge in [0.05, 0.1) is 24.1 Å². The van der Waals surface area contributed by atoms with Crippen LogP contribution in [-0.2, 0) is 9.53 Å². The first-order valence-corrected chi connectivity index (χ1v) is 11.8. The molecule has 3 aliphatic rings. The summed E-state index contributed by atoms with van der Waals surface area (Å²) in [6.45, 7) is 3.28. The Morgan fingerprint density at radius 1 is 1.23 bits per heavy atom. The van der Waals surface area contributed by atoms with Gasteiger partial charge in [0.15, 0.2) is 0 Å². The first-order valence-electron chi connectivity index (χ1n) is 10.9. The first kappa shape index (κ1) is 19.0. The van der Waals surface area contributed by atoms with Gasteiger partial charge in [-0.05, 0) is 24.3 Å². The van der Waals surface area contributed by atoms with Gasteiger partial charge in [-0.25, -0.2) is 4.98 Å². The highest BCUT2D eigenvalue weighted by Crippen LogP contribution is 2.43. The number of hydrogen-bond donors (Lipinski definition) is 1. The van der Waals surface area contributed by atoms with E-state index in [1.807, 2.05) is 6.07 Å². The number of nitrogens with zero attached hydrogens (tertiary/aromatic N) is 4. The summed E-state index contributed by atoms with van der Waals surface area (Å²) in [5.74, 6) is 1.83. The molecule has 5 heterocycles. The van der Waals surface area contributed by atoms with Crippen LogP contribution in [0.4, 0.5) is 11.8 Å². The molecule has 2 N–H and O–H groups in total. The van der Waals surface area contributed by atoms with Gasteiger partial charge in [0, 0.05) is 37.0 Å². The van der Waals surface area contributed by atoms with Gasteiger partial charge in [-0.15, -0.1) is 11.3 Å². The summed E-state index contributed by atoms with van der Waals surface area (Å²) < 4.78 is 5.86. The maximum atomic E-state index is 11.4. The molecule has 3 aliphatic heterocycles. The number of anilines is 2. The van der Waals surface area contributed by atoms with Crippen LogP contribution >= 0.6 is 11.3 Å². The van der Waals surface area contributed by atoms with E-state index in [1.165, 1.54) is 11.1 Å². The molecule has 7 nitrogen and oxygen atoms in total. The van der Waals surface area contributed by atoms with Crippen molar-refractivity contribution in [3.63, 3.8) is 0 Å². The third kappa shape index (κ3) is 3.34. The summed E-state index contributed by atoms with van der Waals surface area (Å²) >= 11 is 1.68. The SMILES string of the molecule is NC(=O)CC1CCN(c2nc(N3CC4CC3CO4)c3c(-c4ccccc4)csc3n2)C1. The number of aromatic nitrogens is 2.